The largest absolute Gasteiger partial charge is 0.298 e. The lowest BCUT2D eigenvalue weighted by atomic mass is 10.2. The van der Waals surface area contributed by atoms with Gasteiger partial charge in [-0.1, -0.05) is 12.2 Å². The Labute approximate surface area is 58.8 Å². The van der Waals surface area contributed by atoms with Crippen molar-refractivity contribution in [1.82, 2.24) is 0 Å². The van der Waals surface area contributed by atoms with Crippen molar-refractivity contribution in [3.63, 3.8) is 0 Å². The quantitative estimate of drug-likeness (QED) is 0.408. The monoisotopic (exact) mass is 140 g/mol. The summed E-state index contributed by atoms with van der Waals surface area (Å²) in [4.78, 5) is 10.2. The predicted octanol–water partition coefficient (Wildman–Crippen LogP) is 1.76. The molecule has 0 saturated carbocycles. The van der Waals surface area contributed by atoms with Crippen LogP contribution in [0.25, 0.3) is 0 Å². The number of thioether (sulfide) groups is 1. The maximum absolute atomic E-state index is 10.2. The van der Waals surface area contributed by atoms with E-state index in [1.165, 1.54) is 0 Å². The van der Waals surface area contributed by atoms with Crippen LogP contribution in [0.4, 0.5) is 0 Å². The number of allylic oxidation sites excluding steroid dienone is 2. The normalized spacial score (nSPS) is 18.4. The van der Waals surface area contributed by atoms with Gasteiger partial charge in [-0.15, -0.1) is 11.8 Å². The summed E-state index contributed by atoms with van der Waals surface area (Å²) in [7, 11) is 0. The van der Waals surface area contributed by atoms with E-state index >= 15 is 0 Å². The number of carbonyl (C=O) groups excluding carboxylic acids is 1. The van der Waals surface area contributed by atoms with E-state index in [1.54, 1.807) is 11.8 Å². The zero-order chi connectivity index (χ0) is 6.53. The molecular formula is C7H8OS. The predicted molar refractivity (Wildman–Crippen MR) is 40.4 cm³/mol. The number of rotatable bonds is 1. The summed E-state index contributed by atoms with van der Waals surface area (Å²) in [5.41, 5.74) is 0.883. The highest BCUT2D eigenvalue weighted by molar-refractivity contribution is 8.02. The Morgan fingerprint density at radius 1 is 1.56 bits per heavy atom. The van der Waals surface area contributed by atoms with Crippen LogP contribution in [0.3, 0.4) is 0 Å². The van der Waals surface area contributed by atoms with Crippen molar-refractivity contribution in [2.75, 3.05) is 5.75 Å². The van der Waals surface area contributed by atoms with Crippen molar-refractivity contribution in [2.45, 2.75) is 6.42 Å². The molecule has 0 bridgehead atoms. The minimum atomic E-state index is 0.802. The highest BCUT2D eigenvalue weighted by Gasteiger charge is 1.93. The van der Waals surface area contributed by atoms with E-state index in [9.17, 15) is 4.79 Å². The number of hydrogen-bond acceptors (Lipinski definition) is 2. The van der Waals surface area contributed by atoms with E-state index in [1.807, 2.05) is 11.5 Å². The number of carbonyl (C=O) groups is 1. The molecule has 0 N–H and O–H groups in total. The van der Waals surface area contributed by atoms with Gasteiger partial charge >= 0.3 is 0 Å². The molecule has 0 aliphatic carbocycles. The Morgan fingerprint density at radius 2 is 2.44 bits per heavy atom. The van der Waals surface area contributed by atoms with Gasteiger partial charge < -0.3 is 0 Å². The molecule has 1 heterocycles. The van der Waals surface area contributed by atoms with Crippen LogP contribution in [0.1, 0.15) is 6.42 Å². The van der Waals surface area contributed by atoms with E-state index in [0.717, 1.165) is 24.0 Å². The van der Waals surface area contributed by atoms with Crippen LogP contribution in [0.2, 0.25) is 0 Å². The summed E-state index contributed by atoms with van der Waals surface area (Å²) in [5.74, 6) is 0.997. The zero-order valence-electron chi connectivity index (χ0n) is 5.04. The Morgan fingerprint density at radius 3 is 3.22 bits per heavy atom. The molecule has 0 unspecified atom stereocenters. The second-order valence-corrected chi connectivity index (χ2v) is 2.72. The van der Waals surface area contributed by atoms with E-state index in [2.05, 4.69) is 6.08 Å². The Hall–Kier alpha value is -0.500. The smallest absolute Gasteiger partial charge is 0.146 e. The molecule has 0 fully saturated rings. The molecule has 1 rings (SSSR count). The van der Waals surface area contributed by atoms with Gasteiger partial charge in [0.1, 0.15) is 6.29 Å². The first-order valence-electron chi connectivity index (χ1n) is 2.84. The molecule has 0 atom stereocenters. The fourth-order valence-corrected chi connectivity index (χ4v) is 1.33. The van der Waals surface area contributed by atoms with Gasteiger partial charge in [0.15, 0.2) is 0 Å². The highest BCUT2D eigenvalue weighted by atomic mass is 32.2. The summed E-state index contributed by atoms with van der Waals surface area (Å²) in [5, 5.41) is 1.92. The molecule has 0 aromatic carbocycles. The maximum Gasteiger partial charge on any atom is 0.146 e. The molecule has 1 nitrogen and oxygen atoms in total. The fraction of sp³-hybridized carbons (Fsp3) is 0.286. The molecule has 48 valence electrons. The molecule has 0 aromatic heterocycles. The van der Waals surface area contributed by atoms with Crippen LogP contribution < -0.4 is 0 Å². The average molecular weight is 140 g/mol. The van der Waals surface area contributed by atoms with Crippen LogP contribution in [0, 0.1) is 0 Å². The molecule has 1 aliphatic heterocycles. The van der Waals surface area contributed by atoms with E-state index in [0.29, 0.717) is 0 Å². The van der Waals surface area contributed by atoms with Gasteiger partial charge in [-0.2, -0.15) is 0 Å². The Kier molecular flexibility index (Phi) is 2.58. The zero-order valence-corrected chi connectivity index (χ0v) is 5.86. The third kappa shape index (κ3) is 2.06. The molecule has 1 aliphatic rings. The number of aldehydes is 1. The second-order valence-electron chi connectivity index (χ2n) is 1.82. The van der Waals surface area contributed by atoms with Crippen LogP contribution >= 0.6 is 11.8 Å². The molecule has 0 spiro atoms. The summed E-state index contributed by atoms with van der Waals surface area (Å²) >= 11 is 1.67. The number of hydrogen-bond donors (Lipinski definition) is 0. The van der Waals surface area contributed by atoms with Crippen LogP contribution in [0.5, 0.6) is 0 Å². The van der Waals surface area contributed by atoms with Crippen LogP contribution in [0.15, 0.2) is 23.1 Å². The average Bonchev–Trinajstić information content (AvgIpc) is 2.13. The lowest BCUT2D eigenvalue weighted by Crippen LogP contribution is -1.77. The lowest BCUT2D eigenvalue weighted by Gasteiger charge is -1.86. The molecule has 0 radical (unpaired) electrons. The van der Waals surface area contributed by atoms with Crippen molar-refractivity contribution < 1.29 is 4.79 Å². The van der Waals surface area contributed by atoms with Gasteiger partial charge in [-0.3, -0.25) is 4.79 Å². The molecule has 0 saturated heterocycles. The van der Waals surface area contributed by atoms with Crippen molar-refractivity contribution in [3.8, 4) is 0 Å². The molecule has 2 heteroatoms. The van der Waals surface area contributed by atoms with Crippen LogP contribution in [-0.2, 0) is 4.79 Å². The van der Waals surface area contributed by atoms with Gasteiger partial charge in [0.05, 0.1) is 0 Å². The van der Waals surface area contributed by atoms with Crippen molar-refractivity contribution in [2.24, 2.45) is 0 Å². The van der Waals surface area contributed by atoms with Gasteiger partial charge in [0.2, 0.25) is 0 Å². The summed E-state index contributed by atoms with van der Waals surface area (Å²) in [6.07, 6.45) is 5.83. The molecule has 0 amide bonds. The minimum Gasteiger partial charge on any atom is -0.298 e. The highest BCUT2D eigenvalue weighted by Crippen LogP contribution is 2.13. The van der Waals surface area contributed by atoms with Crippen molar-refractivity contribution >= 4 is 18.0 Å². The van der Waals surface area contributed by atoms with Crippen LogP contribution in [-0.4, -0.2) is 12.0 Å². The van der Waals surface area contributed by atoms with Crippen molar-refractivity contribution in [3.05, 3.63) is 23.1 Å². The Bertz CT molecular complexity index is 158. The van der Waals surface area contributed by atoms with Gasteiger partial charge in [-0.05, 0) is 11.8 Å². The maximum atomic E-state index is 10.2. The fourth-order valence-electron chi connectivity index (χ4n) is 0.622. The molecular weight excluding hydrogens is 132 g/mol. The van der Waals surface area contributed by atoms with E-state index in [-0.39, 0.29) is 0 Å². The lowest BCUT2D eigenvalue weighted by molar-refractivity contribution is -0.104. The van der Waals surface area contributed by atoms with E-state index < -0.39 is 0 Å². The van der Waals surface area contributed by atoms with Gasteiger partial charge in [0.25, 0.3) is 0 Å². The first-order valence-corrected chi connectivity index (χ1v) is 3.89. The first-order chi connectivity index (χ1) is 4.43. The SMILES string of the molecule is O=CC1=CSCC=CC1. The molecule has 0 aromatic rings. The third-order valence-corrected chi connectivity index (χ3v) is 1.95. The minimum absolute atomic E-state index is 0.802. The standard InChI is InChI=1S/C7H8OS/c8-5-7-3-1-2-4-9-6-7/h1-2,5-6H,3-4H2. The molecule has 9 heavy (non-hydrogen) atoms. The third-order valence-electron chi connectivity index (χ3n) is 1.10. The van der Waals surface area contributed by atoms with E-state index in [4.69, 9.17) is 0 Å². The topological polar surface area (TPSA) is 17.1 Å². The summed E-state index contributed by atoms with van der Waals surface area (Å²) in [6, 6.07) is 0. The second kappa shape index (κ2) is 3.51. The van der Waals surface area contributed by atoms with Crippen molar-refractivity contribution in [1.29, 1.82) is 0 Å². The summed E-state index contributed by atoms with van der Waals surface area (Å²) < 4.78 is 0. The first kappa shape index (κ1) is 6.62. The van der Waals surface area contributed by atoms with Gasteiger partial charge in [0, 0.05) is 11.3 Å². The summed E-state index contributed by atoms with van der Waals surface area (Å²) in [6.45, 7) is 0. The van der Waals surface area contributed by atoms with Gasteiger partial charge in [-0.25, -0.2) is 0 Å². The Balaban J connectivity index is 2.58.